The maximum Gasteiger partial charge on any atom is 0.264 e. The molecule has 0 radical (unpaired) electrons. The Morgan fingerprint density at radius 3 is 2.43 bits per heavy atom. The van der Waals surface area contributed by atoms with Crippen LogP contribution in [0.4, 0.5) is 15.5 Å². The van der Waals surface area contributed by atoms with E-state index in [1.807, 2.05) is 110 Å². The molecule has 1 aromatic heterocycles. The summed E-state index contributed by atoms with van der Waals surface area (Å²) in [4.78, 5) is 29.3. The molecule has 4 aromatic carbocycles. The van der Waals surface area contributed by atoms with E-state index in [4.69, 9.17) is 4.74 Å². The lowest BCUT2D eigenvalue weighted by Gasteiger charge is -2.31. The van der Waals surface area contributed by atoms with E-state index in [1.54, 1.807) is 34.8 Å². The summed E-state index contributed by atoms with van der Waals surface area (Å²) < 4.78 is 25.0. The van der Waals surface area contributed by atoms with Gasteiger partial charge in [0.15, 0.2) is 5.60 Å². The fraction of sp³-hybridized carbons (Fsp3) is 0.300. The SMILES string of the molecule is C[C@@H]1[C@@H]([Si](C)(C)F)[C@H](CCn2cc(C(CO)c3ccccc3)nn2)O[C@@]12C(=O)N(Cc1cccc(NC(=O)c3ccccc3)c1)c1ccccc12. The van der Waals surface area contributed by atoms with Gasteiger partial charge in [-0.1, -0.05) is 91.0 Å². The fourth-order valence-corrected chi connectivity index (χ4v) is 10.6. The molecule has 9 nitrogen and oxygen atoms in total. The molecule has 262 valence electrons. The average molecular weight is 704 g/mol. The fourth-order valence-electron chi connectivity index (χ4n) is 8.05. The Bertz CT molecular complexity index is 2020. The first-order chi connectivity index (χ1) is 24.6. The van der Waals surface area contributed by atoms with Crippen LogP contribution in [0.15, 0.2) is 115 Å². The molecule has 5 atom stereocenters. The van der Waals surface area contributed by atoms with E-state index >= 15 is 4.11 Å². The van der Waals surface area contributed by atoms with Gasteiger partial charge in [0.2, 0.25) is 8.41 Å². The number of rotatable bonds is 11. The second-order valence-corrected chi connectivity index (χ2v) is 17.8. The van der Waals surface area contributed by atoms with Crippen molar-refractivity contribution in [1.82, 2.24) is 15.0 Å². The highest BCUT2D eigenvalue weighted by Gasteiger charge is 2.66. The van der Waals surface area contributed by atoms with Gasteiger partial charge in [0, 0.05) is 41.0 Å². The number of aliphatic hydroxyl groups is 1. The quantitative estimate of drug-likeness (QED) is 0.113. The number of amides is 2. The van der Waals surface area contributed by atoms with Crippen molar-refractivity contribution in [3.63, 3.8) is 0 Å². The van der Waals surface area contributed by atoms with Crippen molar-refractivity contribution in [3.05, 3.63) is 143 Å². The molecule has 3 heterocycles. The summed E-state index contributed by atoms with van der Waals surface area (Å²) >= 11 is 0. The standard InChI is InChI=1S/C40H42FN5O4Si/c1-27-37(51(2,3)41)36(21-22-45-25-34(43-44-45)32(26-47)29-14-6-4-7-15-29)50-40(27)33-19-10-11-20-35(33)46(39(40)49)24-28-13-12-18-31(23-28)42-38(48)30-16-8-5-9-17-30/h4-20,23,25,27,32,36-37,47H,21-22,24,26H2,1-3H3,(H,42,48)/t27-,32?,36+,37-,40+/m1/s1. The third-order valence-corrected chi connectivity index (χ3v) is 12.8. The van der Waals surface area contributed by atoms with Gasteiger partial charge in [0.05, 0.1) is 36.6 Å². The lowest BCUT2D eigenvalue weighted by atomic mass is 9.82. The molecule has 0 saturated carbocycles. The minimum absolute atomic E-state index is 0.108. The molecule has 2 N–H and O–H groups in total. The molecule has 7 rings (SSSR count). The number of nitrogens with one attached hydrogen (secondary N) is 1. The summed E-state index contributed by atoms with van der Waals surface area (Å²) in [5.74, 6) is -1.16. The highest BCUT2D eigenvalue weighted by atomic mass is 28.4. The Labute approximate surface area is 298 Å². The lowest BCUT2D eigenvalue weighted by Crippen LogP contribution is -2.45. The number of ether oxygens (including phenoxy) is 1. The Balaban J connectivity index is 1.13. The van der Waals surface area contributed by atoms with Crippen LogP contribution in [0.5, 0.6) is 0 Å². The van der Waals surface area contributed by atoms with Crippen LogP contribution in [0, 0.1) is 5.92 Å². The monoisotopic (exact) mass is 703 g/mol. The highest BCUT2D eigenvalue weighted by molar-refractivity contribution is 6.72. The minimum atomic E-state index is -3.36. The zero-order valence-corrected chi connectivity index (χ0v) is 29.9. The van der Waals surface area contributed by atoms with Crippen LogP contribution in [0.3, 0.4) is 0 Å². The molecular weight excluding hydrogens is 662 g/mol. The first-order valence-electron chi connectivity index (χ1n) is 17.4. The van der Waals surface area contributed by atoms with Gasteiger partial charge in [-0.25, -0.2) is 0 Å². The number of anilines is 2. The molecule has 0 bridgehead atoms. The predicted octanol–water partition coefficient (Wildman–Crippen LogP) is 7.07. The zero-order chi connectivity index (χ0) is 35.8. The predicted molar refractivity (Wildman–Crippen MR) is 197 cm³/mol. The largest absolute Gasteiger partial charge is 0.395 e. The van der Waals surface area contributed by atoms with Gasteiger partial charge in [-0.15, -0.1) is 5.10 Å². The van der Waals surface area contributed by atoms with Gasteiger partial charge in [-0.3, -0.25) is 14.3 Å². The second-order valence-electron chi connectivity index (χ2n) is 14.0. The normalized spacial score (nSPS) is 21.9. The summed E-state index contributed by atoms with van der Waals surface area (Å²) in [5.41, 5.74) is 3.29. The van der Waals surface area contributed by atoms with E-state index in [2.05, 4.69) is 15.6 Å². The Hall–Kier alpha value is -4.97. The number of aromatic nitrogens is 3. The second kappa shape index (κ2) is 14.0. The van der Waals surface area contributed by atoms with Crippen LogP contribution >= 0.6 is 0 Å². The van der Waals surface area contributed by atoms with Gasteiger partial charge < -0.3 is 24.2 Å². The first-order valence-corrected chi connectivity index (χ1v) is 20.3. The van der Waals surface area contributed by atoms with E-state index in [-0.39, 0.29) is 30.9 Å². The van der Waals surface area contributed by atoms with Crippen molar-refractivity contribution in [2.75, 3.05) is 16.8 Å². The number of carbonyl (C=O) groups is 2. The highest BCUT2D eigenvalue weighted by Crippen LogP contribution is 2.60. The summed E-state index contributed by atoms with van der Waals surface area (Å²) in [6.45, 7) is 5.90. The van der Waals surface area contributed by atoms with Crippen molar-refractivity contribution in [3.8, 4) is 0 Å². The molecule has 5 aromatic rings. The van der Waals surface area contributed by atoms with E-state index in [0.717, 1.165) is 22.4 Å². The number of hydrogen-bond acceptors (Lipinski definition) is 6. The average Bonchev–Trinajstić information content (AvgIpc) is 3.79. The van der Waals surface area contributed by atoms with Gasteiger partial charge in [0.1, 0.15) is 0 Å². The molecule has 1 fully saturated rings. The summed E-state index contributed by atoms with van der Waals surface area (Å²) in [6, 6.07) is 33.8. The van der Waals surface area contributed by atoms with E-state index < -0.39 is 31.6 Å². The number of nitrogens with zero attached hydrogens (tertiary/aromatic N) is 4. The van der Waals surface area contributed by atoms with Crippen molar-refractivity contribution < 1.29 is 23.5 Å². The van der Waals surface area contributed by atoms with Crippen LogP contribution < -0.4 is 10.2 Å². The third kappa shape index (κ3) is 6.53. The molecule has 1 unspecified atom stereocenters. The zero-order valence-electron chi connectivity index (χ0n) is 28.9. The molecule has 1 saturated heterocycles. The molecule has 0 aliphatic carbocycles. The van der Waals surface area contributed by atoms with Crippen molar-refractivity contribution in [2.45, 2.75) is 62.7 Å². The Kier molecular flexibility index (Phi) is 9.45. The number of hydrogen-bond donors (Lipinski definition) is 2. The van der Waals surface area contributed by atoms with Gasteiger partial charge in [-0.2, -0.15) is 0 Å². The first kappa shape index (κ1) is 34.5. The number of aliphatic hydroxyl groups excluding tert-OH is 1. The van der Waals surface area contributed by atoms with Gasteiger partial charge in [-0.05, 0) is 61.0 Å². The van der Waals surface area contributed by atoms with Crippen LogP contribution in [-0.2, 0) is 28.2 Å². The molecule has 1 spiro atoms. The smallest absolute Gasteiger partial charge is 0.264 e. The number of aryl methyl sites for hydroxylation is 1. The van der Waals surface area contributed by atoms with Crippen LogP contribution in [0.2, 0.25) is 18.6 Å². The Morgan fingerprint density at radius 1 is 1.00 bits per heavy atom. The molecular formula is C40H42FN5O4Si. The number of benzene rings is 4. The van der Waals surface area contributed by atoms with Crippen LogP contribution in [0.1, 0.15) is 52.0 Å². The van der Waals surface area contributed by atoms with Gasteiger partial charge >= 0.3 is 0 Å². The number of fused-ring (bicyclic) bond motifs is 2. The van der Waals surface area contributed by atoms with E-state index in [9.17, 15) is 14.7 Å². The maximum atomic E-state index is 16.4. The number of para-hydroxylation sites is 1. The van der Waals surface area contributed by atoms with Crippen LogP contribution in [0.25, 0.3) is 0 Å². The van der Waals surface area contributed by atoms with Crippen molar-refractivity contribution in [1.29, 1.82) is 0 Å². The van der Waals surface area contributed by atoms with Crippen LogP contribution in [-0.4, -0.2) is 53.0 Å². The van der Waals surface area contributed by atoms with Gasteiger partial charge in [0.25, 0.3) is 11.8 Å². The Morgan fingerprint density at radius 2 is 1.71 bits per heavy atom. The summed E-state index contributed by atoms with van der Waals surface area (Å²) in [5, 5.41) is 21.8. The molecule has 2 aliphatic rings. The number of halogens is 1. The molecule has 2 amide bonds. The summed E-state index contributed by atoms with van der Waals surface area (Å²) in [6.07, 6.45) is 1.73. The maximum absolute atomic E-state index is 16.4. The topological polar surface area (TPSA) is 110 Å². The van der Waals surface area contributed by atoms with E-state index in [1.165, 1.54) is 0 Å². The number of carbonyl (C=O) groups excluding carboxylic acids is 2. The van der Waals surface area contributed by atoms with E-state index in [0.29, 0.717) is 29.9 Å². The van der Waals surface area contributed by atoms with Crippen molar-refractivity contribution >= 4 is 31.6 Å². The summed E-state index contributed by atoms with van der Waals surface area (Å²) in [7, 11) is -3.36. The molecule has 11 heteroatoms. The molecule has 2 aliphatic heterocycles. The lowest BCUT2D eigenvalue weighted by molar-refractivity contribution is -0.146. The molecule has 51 heavy (non-hydrogen) atoms. The minimum Gasteiger partial charge on any atom is -0.395 e. The van der Waals surface area contributed by atoms with Crippen molar-refractivity contribution in [2.24, 2.45) is 5.92 Å². The third-order valence-electron chi connectivity index (χ3n) is 10.4.